The zero-order valence-electron chi connectivity index (χ0n) is 10.8. The maximum Gasteiger partial charge on any atom is 0.241 e. The van der Waals surface area contributed by atoms with E-state index in [1.165, 1.54) is 6.07 Å². The molecule has 0 spiro atoms. The molecule has 2 N–H and O–H groups in total. The van der Waals surface area contributed by atoms with Crippen molar-refractivity contribution in [2.45, 2.75) is 49.6 Å². The number of rotatable bonds is 3. The molecule has 0 heterocycles. The lowest BCUT2D eigenvalue weighted by molar-refractivity contribution is 0.101. The molecule has 0 bridgehead atoms. The average molecular weight is 304 g/mol. The monoisotopic (exact) mass is 303 g/mol. The van der Waals surface area contributed by atoms with Crippen molar-refractivity contribution < 1.29 is 13.5 Å². The van der Waals surface area contributed by atoms with E-state index in [-0.39, 0.29) is 4.90 Å². The van der Waals surface area contributed by atoms with E-state index >= 15 is 0 Å². The van der Waals surface area contributed by atoms with Gasteiger partial charge in [0.25, 0.3) is 0 Å². The van der Waals surface area contributed by atoms with Crippen LogP contribution in [0.2, 0.25) is 5.02 Å². The first-order chi connectivity index (χ1) is 8.90. The lowest BCUT2D eigenvalue weighted by atomic mass is 9.93. The highest BCUT2D eigenvalue weighted by atomic mass is 35.5. The highest BCUT2D eigenvalue weighted by Crippen LogP contribution is 2.23. The smallest absolute Gasteiger partial charge is 0.241 e. The van der Waals surface area contributed by atoms with Crippen molar-refractivity contribution in [2.24, 2.45) is 0 Å². The van der Waals surface area contributed by atoms with E-state index in [4.69, 9.17) is 11.6 Å². The van der Waals surface area contributed by atoms with Gasteiger partial charge in [0.2, 0.25) is 10.0 Å². The third-order valence-corrected chi connectivity index (χ3v) is 5.34. The minimum atomic E-state index is -3.64. The minimum Gasteiger partial charge on any atom is -0.391 e. The second-order valence-corrected chi connectivity index (χ2v) is 7.11. The molecule has 0 amide bonds. The van der Waals surface area contributed by atoms with Gasteiger partial charge in [-0.1, -0.05) is 30.5 Å². The van der Waals surface area contributed by atoms with Crippen LogP contribution in [0.25, 0.3) is 0 Å². The van der Waals surface area contributed by atoms with Gasteiger partial charge in [0, 0.05) is 11.1 Å². The molecule has 1 fully saturated rings. The highest BCUT2D eigenvalue weighted by molar-refractivity contribution is 7.89. The zero-order chi connectivity index (χ0) is 14.0. The van der Waals surface area contributed by atoms with Gasteiger partial charge in [-0.15, -0.1) is 0 Å². The lowest BCUT2D eigenvalue weighted by Gasteiger charge is -2.28. The predicted octanol–water partition coefficient (Wildman–Crippen LogP) is 2.23. The molecule has 0 saturated heterocycles. The number of sulfonamides is 1. The molecule has 1 aromatic rings. The summed E-state index contributed by atoms with van der Waals surface area (Å²) in [4.78, 5) is 0.178. The summed E-state index contributed by atoms with van der Waals surface area (Å²) < 4.78 is 27.3. The van der Waals surface area contributed by atoms with E-state index in [0.29, 0.717) is 23.4 Å². The summed E-state index contributed by atoms with van der Waals surface area (Å²) >= 11 is 5.85. The molecule has 106 valence electrons. The lowest BCUT2D eigenvalue weighted by Crippen LogP contribution is -2.45. The van der Waals surface area contributed by atoms with Crippen LogP contribution in [-0.4, -0.2) is 25.7 Å². The summed E-state index contributed by atoms with van der Waals surface area (Å²) in [7, 11) is -3.64. The Kier molecular flexibility index (Phi) is 4.50. The molecule has 0 radical (unpaired) electrons. The van der Waals surface area contributed by atoms with E-state index in [1.807, 2.05) is 0 Å². The minimum absolute atomic E-state index is 0.178. The topological polar surface area (TPSA) is 66.4 Å². The fourth-order valence-corrected chi connectivity index (χ4v) is 4.19. The van der Waals surface area contributed by atoms with Gasteiger partial charge in [-0.05, 0) is 37.5 Å². The summed E-state index contributed by atoms with van der Waals surface area (Å²) in [6.07, 6.45) is 2.57. The van der Waals surface area contributed by atoms with Crippen LogP contribution in [0.3, 0.4) is 0 Å². The summed E-state index contributed by atoms with van der Waals surface area (Å²) in [6, 6.07) is 4.37. The van der Waals surface area contributed by atoms with Crippen LogP contribution in [0.4, 0.5) is 0 Å². The van der Waals surface area contributed by atoms with Crippen LogP contribution in [0.5, 0.6) is 0 Å². The largest absolute Gasteiger partial charge is 0.391 e. The van der Waals surface area contributed by atoms with Crippen LogP contribution in [-0.2, 0) is 10.0 Å². The molecule has 6 heteroatoms. The Morgan fingerprint density at radius 3 is 2.68 bits per heavy atom. The first-order valence-electron chi connectivity index (χ1n) is 6.37. The van der Waals surface area contributed by atoms with Gasteiger partial charge < -0.3 is 5.11 Å². The van der Waals surface area contributed by atoms with Crippen molar-refractivity contribution in [1.29, 1.82) is 0 Å². The predicted molar refractivity (Wildman–Crippen MR) is 74.8 cm³/mol. The Bertz CT molecular complexity index is 559. The summed E-state index contributed by atoms with van der Waals surface area (Å²) in [5.41, 5.74) is 0.641. The molecule has 4 nitrogen and oxygen atoms in total. The molecule has 1 aromatic carbocycles. The van der Waals surface area contributed by atoms with E-state index in [2.05, 4.69) is 4.72 Å². The van der Waals surface area contributed by atoms with Gasteiger partial charge >= 0.3 is 0 Å². The van der Waals surface area contributed by atoms with E-state index < -0.39 is 22.2 Å². The van der Waals surface area contributed by atoms with Crippen LogP contribution < -0.4 is 4.72 Å². The summed E-state index contributed by atoms with van der Waals surface area (Å²) in [6.45, 7) is 1.72. The Hall–Kier alpha value is -0.620. The van der Waals surface area contributed by atoms with E-state index in [1.54, 1.807) is 19.1 Å². The second-order valence-electron chi connectivity index (χ2n) is 4.99. The number of benzene rings is 1. The second kappa shape index (κ2) is 5.79. The number of aliphatic hydroxyl groups is 1. The van der Waals surface area contributed by atoms with Gasteiger partial charge in [0.1, 0.15) is 0 Å². The molecular formula is C13H18ClNO3S. The highest BCUT2D eigenvalue weighted by Gasteiger charge is 2.28. The molecule has 1 aliphatic rings. The van der Waals surface area contributed by atoms with Crippen LogP contribution in [0.15, 0.2) is 23.1 Å². The van der Waals surface area contributed by atoms with E-state index in [9.17, 15) is 13.5 Å². The van der Waals surface area contributed by atoms with Crippen molar-refractivity contribution >= 4 is 21.6 Å². The first-order valence-corrected chi connectivity index (χ1v) is 8.23. The van der Waals surface area contributed by atoms with Crippen LogP contribution in [0, 0.1) is 6.92 Å². The zero-order valence-corrected chi connectivity index (χ0v) is 12.3. The van der Waals surface area contributed by atoms with Gasteiger partial charge in [-0.2, -0.15) is 0 Å². The van der Waals surface area contributed by atoms with Gasteiger partial charge in [0.15, 0.2) is 0 Å². The number of hydrogen-bond donors (Lipinski definition) is 2. The number of aliphatic hydroxyl groups excluding tert-OH is 1. The standard InChI is InChI=1S/C13H18ClNO3S/c1-9-6-7-10(14)8-13(9)19(17,18)15-11-4-2-3-5-12(11)16/h6-8,11-12,15-16H,2-5H2,1H3. The molecule has 19 heavy (non-hydrogen) atoms. The van der Waals surface area contributed by atoms with Crippen molar-refractivity contribution in [3.63, 3.8) is 0 Å². The van der Waals surface area contributed by atoms with Crippen LogP contribution in [0.1, 0.15) is 31.2 Å². The van der Waals surface area contributed by atoms with Gasteiger partial charge in [-0.3, -0.25) is 0 Å². The van der Waals surface area contributed by atoms with Crippen molar-refractivity contribution in [3.8, 4) is 0 Å². The Morgan fingerprint density at radius 2 is 2.00 bits per heavy atom. The van der Waals surface area contributed by atoms with Crippen molar-refractivity contribution in [2.75, 3.05) is 0 Å². The molecule has 1 saturated carbocycles. The quantitative estimate of drug-likeness (QED) is 0.900. The summed E-state index contributed by atoms with van der Waals surface area (Å²) in [5, 5.41) is 10.2. The molecular weight excluding hydrogens is 286 g/mol. The molecule has 2 atom stereocenters. The van der Waals surface area contributed by atoms with Crippen LogP contribution >= 0.6 is 11.6 Å². The third kappa shape index (κ3) is 3.48. The number of halogens is 1. The average Bonchev–Trinajstić information content (AvgIpc) is 2.35. The normalized spacial score (nSPS) is 24.4. The first kappa shape index (κ1) is 14.8. The third-order valence-electron chi connectivity index (χ3n) is 3.48. The Morgan fingerprint density at radius 1 is 1.32 bits per heavy atom. The molecule has 1 aliphatic carbocycles. The molecule has 2 unspecified atom stereocenters. The fourth-order valence-electron chi connectivity index (χ4n) is 2.37. The number of nitrogens with one attached hydrogen (secondary N) is 1. The fraction of sp³-hybridized carbons (Fsp3) is 0.538. The van der Waals surface area contributed by atoms with E-state index in [0.717, 1.165) is 12.8 Å². The van der Waals surface area contributed by atoms with Gasteiger partial charge in [-0.25, -0.2) is 13.1 Å². The molecule has 2 rings (SSSR count). The molecule has 0 aliphatic heterocycles. The Balaban J connectivity index is 2.24. The maximum atomic E-state index is 12.3. The van der Waals surface area contributed by atoms with Gasteiger partial charge in [0.05, 0.1) is 11.0 Å². The van der Waals surface area contributed by atoms with Crippen molar-refractivity contribution in [3.05, 3.63) is 28.8 Å². The van der Waals surface area contributed by atoms with Crippen molar-refractivity contribution in [1.82, 2.24) is 4.72 Å². The molecule has 0 aromatic heterocycles. The maximum absolute atomic E-state index is 12.3. The Labute approximate surface area is 118 Å². The number of hydrogen-bond acceptors (Lipinski definition) is 3. The summed E-state index contributed by atoms with van der Waals surface area (Å²) in [5.74, 6) is 0. The SMILES string of the molecule is Cc1ccc(Cl)cc1S(=O)(=O)NC1CCCCC1O. The number of aryl methyl sites for hydroxylation is 1.